The van der Waals surface area contributed by atoms with Gasteiger partial charge in [-0.1, -0.05) is 6.92 Å². The van der Waals surface area contributed by atoms with Gasteiger partial charge in [0.15, 0.2) is 0 Å². The van der Waals surface area contributed by atoms with E-state index in [4.69, 9.17) is 9.47 Å². The zero-order valence-corrected chi connectivity index (χ0v) is 23.7. The fraction of sp³-hybridized carbons (Fsp3) is 0.880. The predicted octanol–water partition coefficient (Wildman–Crippen LogP) is 2.29. The highest BCUT2D eigenvalue weighted by molar-refractivity contribution is 7.99. The SMILES string of the molecule is CCCOCC1CCC(COCCSCCCn2c(=O)n(CCO)c(=O)n(CCCSC)c2=O)CC1. The number of ether oxygens (including phenoxy) is 2. The van der Waals surface area contributed by atoms with Gasteiger partial charge in [-0.05, 0) is 74.5 Å². The molecule has 1 aliphatic rings. The van der Waals surface area contributed by atoms with Gasteiger partial charge in [-0.3, -0.25) is 0 Å². The summed E-state index contributed by atoms with van der Waals surface area (Å²) in [5.74, 6) is 3.84. The molecule has 208 valence electrons. The molecule has 1 aromatic rings. The largest absolute Gasteiger partial charge is 0.395 e. The number of rotatable bonds is 19. The van der Waals surface area contributed by atoms with Crippen molar-refractivity contribution < 1.29 is 14.6 Å². The summed E-state index contributed by atoms with van der Waals surface area (Å²) < 4.78 is 14.8. The van der Waals surface area contributed by atoms with Crippen molar-refractivity contribution in [2.45, 2.75) is 71.5 Å². The van der Waals surface area contributed by atoms with Crippen LogP contribution in [0.1, 0.15) is 51.9 Å². The van der Waals surface area contributed by atoms with Crippen LogP contribution >= 0.6 is 23.5 Å². The topological polar surface area (TPSA) is 105 Å². The molecule has 1 saturated carbocycles. The fourth-order valence-corrected chi connectivity index (χ4v) is 5.67. The van der Waals surface area contributed by atoms with Gasteiger partial charge in [-0.25, -0.2) is 28.1 Å². The summed E-state index contributed by atoms with van der Waals surface area (Å²) in [5, 5.41) is 9.27. The molecule has 0 bridgehead atoms. The zero-order chi connectivity index (χ0) is 26.2. The number of hydrogen-bond donors (Lipinski definition) is 1. The van der Waals surface area contributed by atoms with Crippen molar-refractivity contribution in [3.63, 3.8) is 0 Å². The summed E-state index contributed by atoms with van der Waals surface area (Å²) in [6, 6.07) is 0. The van der Waals surface area contributed by atoms with Crippen molar-refractivity contribution in [1.29, 1.82) is 0 Å². The van der Waals surface area contributed by atoms with Gasteiger partial charge in [-0.15, -0.1) is 0 Å². The van der Waals surface area contributed by atoms with Crippen molar-refractivity contribution >= 4 is 23.5 Å². The highest BCUT2D eigenvalue weighted by Crippen LogP contribution is 2.29. The molecule has 0 aromatic carbocycles. The summed E-state index contributed by atoms with van der Waals surface area (Å²) in [4.78, 5) is 38.1. The standard InChI is InChI=1S/C25H45N3O6S2/c1-3-14-33-19-21-6-8-22(9-7-21)20-34-15-18-36-17-5-11-27-23(30)26(10-4-16-35-2)24(31)28(12-13-29)25(27)32/h21-22,29H,3-20H2,1-2H3. The van der Waals surface area contributed by atoms with Gasteiger partial charge in [0.05, 0.1) is 19.8 Å². The summed E-state index contributed by atoms with van der Waals surface area (Å²) >= 11 is 3.38. The Bertz CT molecular complexity index is 909. The molecule has 9 nitrogen and oxygen atoms in total. The Balaban J connectivity index is 1.70. The fourth-order valence-electron chi connectivity index (χ4n) is 4.48. The van der Waals surface area contributed by atoms with E-state index in [0.717, 1.165) is 57.2 Å². The van der Waals surface area contributed by atoms with Crippen LogP contribution in [0.2, 0.25) is 0 Å². The average Bonchev–Trinajstić information content (AvgIpc) is 2.88. The van der Waals surface area contributed by atoms with Crippen LogP contribution in [0.5, 0.6) is 0 Å². The van der Waals surface area contributed by atoms with Crippen LogP contribution in [0.4, 0.5) is 0 Å². The van der Waals surface area contributed by atoms with Gasteiger partial charge in [0.1, 0.15) is 0 Å². The molecular formula is C25H45N3O6S2. The molecule has 0 spiro atoms. The van der Waals surface area contributed by atoms with E-state index in [9.17, 15) is 19.5 Å². The maximum atomic E-state index is 12.8. The van der Waals surface area contributed by atoms with E-state index in [2.05, 4.69) is 6.92 Å². The lowest BCUT2D eigenvalue weighted by Gasteiger charge is -2.28. The van der Waals surface area contributed by atoms with Gasteiger partial charge in [-0.2, -0.15) is 23.5 Å². The molecule has 1 fully saturated rings. The Kier molecular flexibility index (Phi) is 15.8. The molecule has 1 heterocycles. The van der Waals surface area contributed by atoms with Crippen LogP contribution < -0.4 is 17.1 Å². The maximum absolute atomic E-state index is 12.8. The number of hydrogen-bond acceptors (Lipinski definition) is 8. The highest BCUT2D eigenvalue weighted by Gasteiger charge is 2.21. The van der Waals surface area contributed by atoms with E-state index in [1.165, 1.54) is 25.7 Å². The Labute approximate surface area is 222 Å². The summed E-state index contributed by atoms with van der Waals surface area (Å²) in [6.07, 6.45) is 9.26. The lowest BCUT2D eigenvalue weighted by molar-refractivity contribution is 0.0541. The molecule has 0 amide bonds. The lowest BCUT2D eigenvalue weighted by Crippen LogP contribution is -2.55. The van der Waals surface area contributed by atoms with Crippen molar-refractivity contribution in [2.24, 2.45) is 11.8 Å². The monoisotopic (exact) mass is 547 g/mol. The van der Waals surface area contributed by atoms with E-state index in [1.807, 2.05) is 6.26 Å². The van der Waals surface area contributed by atoms with Crippen molar-refractivity contribution in [1.82, 2.24) is 13.7 Å². The molecule has 0 aliphatic heterocycles. The molecule has 1 aromatic heterocycles. The third-order valence-electron chi connectivity index (χ3n) is 6.50. The third kappa shape index (κ3) is 10.4. The third-order valence-corrected chi connectivity index (χ3v) is 8.23. The van der Waals surface area contributed by atoms with Crippen LogP contribution in [-0.4, -0.2) is 75.4 Å². The predicted molar refractivity (Wildman–Crippen MR) is 149 cm³/mol. The first-order valence-electron chi connectivity index (χ1n) is 13.3. The maximum Gasteiger partial charge on any atom is 0.336 e. The second-order valence-corrected chi connectivity index (χ2v) is 11.6. The number of thioether (sulfide) groups is 2. The normalized spacial score (nSPS) is 18.1. The lowest BCUT2D eigenvalue weighted by atomic mass is 9.83. The molecule has 0 unspecified atom stereocenters. The van der Waals surface area contributed by atoms with Crippen molar-refractivity contribution in [2.75, 3.05) is 56.5 Å². The van der Waals surface area contributed by atoms with Crippen LogP contribution in [0.3, 0.4) is 0 Å². The highest BCUT2D eigenvalue weighted by atomic mass is 32.2. The summed E-state index contributed by atoms with van der Waals surface area (Å²) in [5.41, 5.74) is -1.83. The average molecular weight is 548 g/mol. The first kappa shape index (κ1) is 31.2. The van der Waals surface area contributed by atoms with Gasteiger partial charge in [0.2, 0.25) is 0 Å². The van der Waals surface area contributed by atoms with Gasteiger partial charge in [0.25, 0.3) is 0 Å². The second kappa shape index (κ2) is 18.3. The molecule has 0 radical (unpaired) electrons. The second-order valence-electron chi connectivity index (χ2n) is 9.38. The van der Waals surface area contributed by atoms with E-state index in [1.54, 1.807) is 23.5 Å². The quantitative estimate of drug-likeness (QED) is 0.263. The molecule has 1 N–H and O–H groups in total. The Morgan fingerprint density at radius 2 is 1.28 bits per heavy atom. The van der Waals surface area contributed by atoms with Gasteiger partial charge < -0.3 is 14.6 Å². The van der Waals surface area contributed by atoms with Crippen LogP contribution in [0.15, 0.2) is 14.4 Å². The molecule has 2 rings (SSSR count). The summed E-state index contributed by atoms with van der Waals surface area (Å²) in [6.45, 7) is 5.51. The number of aliphatic hydroxyl groups excluding tert-OH is 1. The molecule has 0 saturated heterocycles. The molecule has 36 heavy (non-hydrogen) atoms. The number of aliphatic hydroxyl groups is 1. The smallest absolute Gasteiger partial charge is 0.336 e. The number of nitrogens with zero attached hydrogens (tertiary/aromatic N) is 3. The Hall–Kier alpha value is -1.01. The number of aromatic nitrogens is 3. The van der Waals surface area contributed by atoms with E-state index in [-0.39, 0.29) is 26.2 Å². The van der Waals surface area contributed by atoms with Gasteiger partial charge in [0, 0.05) is 38.7 Å². The molecule has 0 atom stereocenters. The van der Waals surface area contributed by atoms with E-state index >= 15 is 0 Å². The minimum Gasteiger partial charge on any atom is -0.395 e. The van der Waals surface area contributed by atoms with Gasteiger partial charge >= 0.3 is 17.1 Å². The van der Waals surface area contributed by atoms with Crippen molar-refractivity contribution in [3.8, 4) is 0 Å². The molecule has 1 aliphatic carbocycles. The van der Waals surface area contributed by atoms with E-state index in [0.29, 0.717) is 31.3 Å². The van der Waals surface area contributed by atoms with Crippen molar-refractivity contribution in [3.05, 3.63) is 31.5 Å². The minimum absolute atomic E-state index is 0.110. The van der Waals surface area contributed by atoms with Crippen LogP contribution in [-0.2, 0) is 29.1 Å². The zero-order valence-electron chi connectivity index (χ0n) is 22.0. The Morgan fingerprint density at radius 3 is 1.78 bits per heavy atom. The Morgan fingerprint density at radius 1 is 0.778 bits per heavy atom. The van der Waals surface area contributed by atoms with Crippen LogP contribution in [0, 0.1) is 11.8 Å². The molecular weight excluding hydrogens is 502 g/mol. The van der Waals surface area contributed by atoms with Crippen LogP contribution in [0.25, 0.3) is 0 Å². The first-order chi connectivity index (χ1) is 17.5. The summed E-state index contributed by atoms with van der Waals surface area (Å²) in [7, 11) is 0. The minimum atomic E-state index is -0.639. The van der Waals surface area contributed by atoms with E-state index < -0.39 is 17.1 Å². The molecule has 11 heteroatoms. The first-order valence-corrected chi connectivity index (χ1v) is 15.9.